The highest BCUT2D eigenvalue weighted by Gasteiger charge is 2.41. The van der Waals surface area contributed by atoms with Crippen LogP contribution in [0.5, 0.6) is 0 Å². The van der Waals surface area contributed by atoms with Crippen molar-refractivity contribution in [1.29, 1.82) is 0 Å². The molecule has 2 aromatic carbocycles. The summed E-state index contributed by atoms with van der Waals surface area (Å²) in [5.74, 6) is -0.867. The molecule has 1 aliphatic heterocycles. The number of ether oxygens (including phenoxy) is 4. The van der Waals surface area contributed by atoms with Gasteiger partial charge in [0.2, 0.25) is 5.91 Å². The molecule has 2 aromatic rings. The number of nitrogens with one attached hydrogen (secondary N) is 1. The van der Waals surface area contributed by atoms with E-state index in [9.17, 15) is 4.79 Å². The second kappa shape index (κ2) is 10.5. The number of benzene rings is 2. The number of carbonyl (C=O) groups excluding carboxylic acids is 1. The van der Waals surface area contributed by atoms with Crippen LogP contribution in [-0.4, -0.2) is 43.7 Å². The van der Waals surface area contributed by atoms with Crippen LogP contribution in [0, 0.1) is 0 Å². The fourth-order valence-electron chi connectivity index (χ4n) is 3.17. The Morgan fingerprint density at radius 3 is 2.07 bits per heavy atom. The minimum atomic E-state index is -0.704. The van der Waals surface area contributed by atoms with E-state index in [0.29, 0.717) is 19.8 Å². The molecule has 0 aromatic heterocycles. The molecule has 0 radical (unpaired) electrons. The zero-order valence-electron chi connectivity index (χ0n) is 17.0. The average molecular weight is 399 g/mol. The fourth-order valence-corrected chi connectivity index (χ4v) is 3.17. The van der Waals surface area contributed by atoms with E-state index in [0.717, 1.165) is 11.1 Å². The summed E-state index contributed by atoms with van der Waals surface area (Å²) in [6, 6.07) is 19.7. The van der Waals surface area contributed by atoms with Crippen LogP contribution in [0.25, 0.3) is 0 Å². The quantitative estimate of drug-likeness (QED) is 0.665. The van der Waals surface area contributed by atoms with E-state index in [2.05, 4.69) is 5.32 Å². The van der Waals surface area contributed by atoms with E-state index in [1.807, 2.05) is 74.5 Å². The normalized spacial score (nSPS) is 20.5. The topological polar surface area (TPSA) is 66.0 Å². The maximum atomic E-state index is 12.0. The van der Waals surface area contributed by atoms with Crippen LogP contribution < -0.4 is 5.32 Å². The molecule has 1 N–H and O–H groups in total. The van der Waals surface area contributed by atoms with Crippen LogP contribution in [-0.2, 0) is 36.9 Å². The first-order valence-electron chi connectivity index (χ1n) is 9.87. The van der Waals surface area contributed by atoms with E-state index < -0.39 is 5.79 Å². The zero-order valence-corrected chi connectivity index (χ0v) is 17.0. The van der Waals surface area contributed by atoms with Gasteiger partial charge in [0, 0.05) is 6.54 Å². The summed E-state index contributed by atoms with van der Waals surface area (Å²) in [7, 11) is 0. The molecular weight excluding hydrogens is 370 g/mol. The number of hydrogen-bond acceptors (Lipinski definition) is 5. The Morgan fingerprint density at radius 2 is 1.45 bits per heavy atom. The molecule has 1 saturated heterocycles. The highest BCUT2D eigenvalue weighted by atomic mass is 16.8. The van der Waals surface area contributed by atoms with Crippen molar-refractivity contribution in [3.05, 3.63) is 71.8 Å². The molecule has 3 rings (SSSR count). The van der Waals surface area contributed by atoms with Crippen LogP contribution in [0.15, 0.2) is 60.7 Å². The number of carbonyl (C=O) groups is 1. The largest absolute Gasteiger partial charge is 0.374 e. The maximum Gasteiger partial charge on any atom is 0.246 e. The molecule has 29 heavy (non-hydrogen) atoms. The third-order valence-electron chi connectivity index (χ3n) is 4.53. The van der Waals surface area contributed by atoms with Gasteiger partial charge in [0.05, 0.1) is 19.8 Å². The molecule has 2 atom stereocenters. The van der Waals surface area contributed by atoms with Gasteiger partial charge in [-0.05, 0) is 25.0 Å². The summed E-state index contributed by atoms with van der Waals surface area (Å²) in [5, 5.41) is 2.84. The van der Waals surface area contributed by atoms with Gasteiger partial charge >= 0.3 is 0 Å². The summed E-state index contributed by atoms with van der Waals surface area (Å²) < 4.78 is 23.2. The van der Waals surface area contributed by atoms with Crippen molar-refractivity contribution in [3.63, 3.8) is 0 Å². The third-order valence-corrected chi connectivity index (χ3v) is 4.53. The number of hydrogen-bond donors (Lipinski definition) is 1. The van der Waals surface area contributed by atoms with Gasteiger partial charge in [-0.25, -0.2) is 0 Å². The second-order valence-electron chi connectivity index (χ2n) is 7.49. The summed E-state index contributed by atoms with van der Waals surface area (Å²) >= 11 is 0. The molecule has 0 unspecified atom stereocenters. The lowest BCUT2D eigenvalue weighted by molar-refractivity contribution is -0.155. The molecule has 1 aliphatic rings. The van der Waals surface area contributed by atoms with Crippen molar-refractivity contribution in [2.24, 2.45) is 0 Å². The predicted octanol–water partition coefficient (Wildman–Crippen LogP) is 3.06. The highest BCUT2D eigenvalue weighted by molar-refractivity contribution is 5.77. The molecule has 1 fully saturated rings. The predicted molar refractivity (Wildman–Crippen MR) is 109 cm³/mol. The van der Waals surface area contributed by atoms with Crippen LogP contribution in [0.4, 0.5) is 0 Å². The first-order valence-corrected chi connectivity index (χ1v) is 9.87. The Labute approximate surface area is 172 Å². The number of amides is 1. The van der Waals surface area contributed by atoms with Crippen molar-refractivity contribution in [3.8, 4) is 0 Å². The Morgan fingerprint density at radius 1 is 0.897 bits per heavy atom. The van der Waals surface area contributed by atoms with Gasteiger partial charge < -0.3 is 24.3 Å². The van der Waals surface area contributed by atoms with Crippen molar-refractivity contribution < 1.29 is 23.7 Å². The van der Waals surface area contributed by atoms with Gasteiger partial charge in [0.1, 0.15) is 18.8 Å². The number of rotatable bonds is 10. The summed E-state index contributed by atoms with van der Waals surface area (Å²) in [6.45, 7) is 5.36. The highest BCUT2D eigenvalue weighted by Crippen LogP contribution is 2.28. The van der Waals surface area contributed by atoms with E-state index >= 15 is 0 Å². The smallest absolute Gasteiger partial charge is 0.246 e. The molecular formula is C23H29NO5. The molecule has 0 spiro atoms. The Kier molecular flexibility index (Phi) is 7.77. The van der Waals surface area contributed by atoms with Gasteiger partial charge in [-0.15, -0.1) is 0 Å². The van der Waals surface area contributed by atoms with Gasteiger partial charge in [-0.1, -0.05) is 60.7 Å². The lowest BCUT2D eigenvalue weighted by atomic mass is 10.2. The van der Waals surface area contributed by atoms with Crippen LogP contribution in [0.3, 0.4) is 0 Å². The second-order valence-corrected chi connectivity index (χ2v) is 7.49. The van der Waals surface area contributed by atoms with Gasteiger partial charge in [-0.2, -0.15) is 0 Å². The summed E-state index contributed by atoms with van der Waals surface area (Å²) in [6.07, 6.45) is -0.538. The van der Waals surface area contributed by atoms with Crippen LogP contribution in [0.1, 0.15) is 25.0 Å². The third kappa shape index (κ3) is 7.25. The van der Waals surface area contributed by atoms with Gasteiger partial charge in [0.25, 0.3) is 0 Å². The molecule has 0 aliphatic carbocycles. The minimum absolute atomic E-state index is 0.0231. The molecule has 0 bridgehead atoms. The Hall–Kier alpha value is -2.25. The standard InChI is InChI=1S/C23H29NO5/c1-23(2)28-20(15-26-14-19-11-7-4-8-12-19)21(29-23)16-27-17-22(25)24-13-18-9-5-3-6-10-18/h3-12,20-21H,13-17H2,1-2H3,(H,24,25)/t20-,21-/m0/s1. The van der Waals surface area contributed by atoms with Crippen molar-refractivity contribution in [2.45, 2.75) is 45.0 Å². The minimum Gasteiger partial charge on any atom is -0.374 e. The van der Waals surface area contributed by atoms with Crippen molar-refractivity contribution in [1.82, 2.24) is 5.32 Å². The van der Waals surface area contributed by atoms with Crippen LogP contribution in [0.2, 0.25) is 0 Å². The van der Waals surface area contributed by atoms with Crippen molar-refractivity contribution >= 4 is 5.91 Å². The first-order chi connectivity index (χ1) is 14.0. The molecule has 1 heterocycles. The zero-order chi connectivity index (χ0) is 20.5. The molecule has 156 valence electrons. The molecule has 6 nitrogen and oxygen atoms in total. The maximum absolute atomic E-state index is 12.0. The Bertz CT molecular complexity index is 750. The fraction of sp³-hybridized carbons (Fsp3) is 0.435. The Balaban J connectivity index is 1.38. The monoisotopic (exact) mass is 399 g/mol. The summed E-state index contributed by atoms with van der Waals surface area (Å²) in [4.78, 5) is 12.0. The molecule has 1 amide bonds. The van der Waals surface area contributed by atoms with Gasteiger partial charge in [-0.3, -0.25) is 4.79 Å². The van der Waals surface area contributed by atoms with E-state index in [-0.39, 0.29) is 31.3 Å². The van der Waals surface area contributed by atoms with Crippen LogP contribution >= 0.6 is 0 Å². The lowest BCUT2D eigenvalue weighted by Gasteiger charge is -2.17. The lowest BCUT2D eigenvalue weighted by Crippen LogP contribution is -2.34. The first kappa shape index (κ1) is 21.5. The SMILES string of the molecule is CC1(C)O[C@@H](COCC(=O)NCc2ccccc2)[C@H](COCc2ccccc2)O1. The average Bonchev–Trinajstić information content (AvgIpc) is 3.01. The molecule has 0 saturated carbocycles. The van der Waals surface area contributed by atoms with Crippen molar-refractivity contribution in [2.75, 3.05) is 19.8 Å². The van der Waals surface area contributed by atoms with E-state index in [1.165, 1.54) is 0 Å². The molecule has 6 heteroatoms. The van der Waals surface area contributed by atoms with Gasteiger partial charge in [0.15, 0.2) is 5.79 Å². The van der Waals surface area contributed by atoms with E-state index in [4.69, 9.17) is 18.9 Å². The summed E-state index contributed by atoms with van der Waals surface area (Å²) in [5.41, 5.74) is 2.15. The van der Waals surface area contributed by atoms with E-state index in [1.54, 1.807) is 0 Å².